The minimum absolute atomic E-state index is 0.0217. The van der Waals surface area contributed by atoms with Crippen LogP contribution in [0.2, 0.25) is 0 Å². The van der Waals surface area contributed by atoms with Crippen LogP contribution < -0.4 is 0 Å². The van der Waals surface area contributed by atoms with Gasteiger partial charge in [-0.15, -0.1) is 0 Å². The van der Waals surface area contributed by atoms with E-state index in [4.69, 9.17) is 5.26 Å². The Bertz CT molecular complexity index is 568. The largest absolute Gasteiger partial charge is 0.391 e. The number of hydrogen-bond acceptors (Lipinski definition) is 5. The highest BCUT2D eigenvalue weighted by Crippen LogP contribution is 2.25. The lowest BCUT2D eigenvalue weighted by molar-refractivity contribution is -0.183. The Morgan fingerprint density at radius 3 is 2.67 bits per heavy atom. The number of hydrogen-bond donors (Lipinski definition) is 2. The minimum Gasteiger partial charge on any atom is -0.327 e. The molecular formula is C11H9FN2O3S. The van der Waals surface area contributed by atoms with E-state index in [1.54, 1.807) is 6.26 Å². The van der Waals surface area contributed by atoms with E-state index in [2.05, 4.69) is 14.9 Å². The van der Waals surface area contributed by atoms with Crippen LogP contribution in [0.15, 0.2) is 29.4 Å². The molecule has 18 heavy (non-hydrogen) atoms. The summed E-state index contributed by atoms with van der Waals surface area (Å²) in [5, 5.41) is 8.92. The van der Waals surface area contributed by atoms with Gasteiger partial charge in [-0.1, -0.05) is 11.8 Å². The Hall–Kier alpha value is -1.86. The molecule has 0 saturated heterocycles. The van der Waals surface area contributed by atoms with Gasteiger partial charge >= 0.3 is 5.97 Å². The topological polar surface area (TPSA) is 75.2 Å². The number of thioether (sulfide) groups is 1. The van der Waals surface area contributed by atoms with Crippen molar-refractivity contribution in [3.8, 4) is 11.3 Å². The maximum absolute atomic E-state index is 12.8. The molecule has 0 aliphatic heterocycles. The Morgan fingerprint density at radius 2 is 2.11 bits per heavy atom. The van der Waals surface area contributed by atoms with Crippen LogP contribution >= 0.6 is 11.8 Å². The van der Waals surface area contributed by atoms with Gasteiger partial charge in [-0.25, -0.2) is 14.2 Å². The monoisotopic (exact) mass is 268 g/mol. The number of benzene rings is 1. The molecule has 0 fully saturated rings. The van der Waals surface area contributed by atoms with Crippen LogP contribution in [0.25, 0.3) is 11.3 Å². The summed E-state index contributed by atoms with van der Waals surface area (Å²) in [4.78, 5) is 22.0. The summed E-state index contributed by atoms with van der Waals surface area (Å²) in [5.41, 5.74) is 0.875. The fraction of sp³-hybridized carbons (Fsp3) is 0.0909. The fourth-order valence-corrected chi connectivity index (χ4v) is 1.84. The molecule has 0 spiro atoms. The van der Waals surface area contributed by atoms with Gasteiger partial charge in [-0.2, -0.15) is 5.26 Å². The van der Waals surface area contributed by atoms with Gasteiger partial charge in [0, 0.05) is 5.56 Å². The van der Waals surface area contributed by atoms with Crippen molar-refractivity contribution in [2.75, 3.05) is 6.26 Å². The number of nitrogens with one attached hydrogen (secondary N) is 1. The molecule has 0 atom stereocenters. The molecule has 2 rings (SSSR count). The molecule has 0 radical (unpaired) electrons. The number of H-pyrrole nitrogens is 1. The predicted molar refractivity (Wildman–Crippen MR) is 63.8 cm³/mol. The Balaban J connectivity index is 2.51. The molecule has 94 valence electrons. The average molecular weight is 268 g/mol. The highest BCUT2D eigenvalue weighted by atomic mass is 32.2. The summed E-state index contributed by atoms with van der Waals surface area (Å²) in [6, 6.07) is 5.50. The van der Waals surface area contributed by atoms with E-state index < -0.39 is 5.97 Å². The first-order valence-electron chi connectivity index (χ1n) is 4.91. The molecule has 0 amide bonds. The van der Waals surface area contributed by atoms with E-state index in [0.717, 1.165) is 0 Å². The number of aromatic nitrogens is 2. The molecule has 2 N–H and O–H groups in total. The van der Waals surface area contributed by atoms with Gasteiger partial charge in [-0.3, -0.25) is 4.89 Å². The van der Waals surface area contributed by atoms with Gasteiger partial charge in [0.15, 0.2) is 10.9 Å². The van der Waals surface area contributed by atoms with Gasteiger partial charge in [0.05, 0.1) is 0 Å². The second-order valence-corrected chi connectivity index (χ2v) is 4.15. The lowest BCUT2D eigenvalue weighted by Gasteiger charge is -1.99. The third-order valence-corrected chi connectivity index (χ3v) is 2.86. The van der Waals surface area contributed by atoms with Gasteiger partial charge in [0.25, 0.3) is 0 Å². The molecule has 0 bridgehead atoms. The number of carbonyl (C=O) groups excluding carboxylic acids is 1. The SMILES string of the molecule is CSc1nc(-c2ccc(F)cc2)c(C(=O)OO)[nH]1. The summed E-state index contributed by atoms with van der Waals surface area (Å²) >= 11 is 1.30. The van der Waals surface area contributed by atoms with Gasteiger partial charge in [-0.05, 0) is 30.5 Å². The number of imidazole rings is 1. The summed E-state index contributed by atoms with van der Waals surface area (Å²) in [5.74, 6) is -1.33. The van der Waals surface area contributed by atoms with Crippen LogP contribution in [-0.4, -0.2) is 27.5 Å². The number of nitrogens with zero attached hydrogens (tertiary/aromatic N) is 1. The summed E-state index contributed by atoms with van der Waals surface area (Å²) in [6.45, 7) is 0. The van der Waals surface area contributed by atoms with Crippen molar-refractivity contribution in [2.45, 2.75) is 5.16 Å². The number of carbonyl (C=O) groups is 1. The van der Waals surface area contributed by atoms with Crippen LogP contribution in [0.5, 0.6) is 0 Å². The maximum atomic E-state index is 12.8. The second kappa shape index (κ2) is 5.19. The third kappa shape index (κ3) is 2.36. The van der Waals surface area contributed by atoms with Crippen molar-refractivity contribution < 1.29 is 19.3 Å². The van der Waals surface area contributed by atoms with Crippen LogP contribution in [0.4, 0.5) is 4.39 Å². The standard InChI is InChI=1S/C11H9FN2O3S/c1-18-11-13-8(9(14-11)10(15)17-16)6-2-4-7(12)5-3-6/h2-5,16H,1H3,(H,13,14). The van der Waals surface area contributed by atoms with Crippen molar-refractivity contribution in [2.24, 2.45) is 0 Å². The molecule has 0 aliphatic rings. The van der Waals surface area contributed by atoms with Crippen molar-refractivity contribution in [3.05, 3.63) is 35.8 Å². The summed E-state index contributed by atoms with van der Waals surface area (Å²) in [6.07, 6.45) is 1.78. The van der Waals surface area contributed by atoms with Crippen LogP contribution in [0.3, 0.4) is 0 Å². The lowest BCUT2D eigenvalue weighted by atomic mass is 10.1. The molecule has 2 aromatic rings. The van der Waals surface area contributed by atoms with Gasteiger partial charge in [0.2, 0.25) is 0 Å². The van der Waals surface area contributed by atoms with E-state index >= 15 is 0 Å². The lowest BCUT2D eigenvalue weighted by Crippen LogP contribution is -2.04. The van der Waals surface area contributed by atoms with E-state index in [9.17, 15) is 9.18 Å². The first-order chi connectivity index (χ1) is 8.65. The van der Waals surface area contributed by atoms with Gasteiger partial charge in [0.1, 0.15) is 11.5 Å². The zero-order valence-corrected chi connectivity index (χ0v) is 10.1. The highest BCUT2D eigenvalue weighted by molar-refractivity contribution is 7.98. The molecule has 0 aliphatic carbocycles. The Morgan fingerprint density at radius 1 is 1.44 bits per heavy atom. The predicted octanol–water partition coefficient (Wildman–Crippen LogP) is 2.57. The number of aromatic amines is 1. The van der Waals surface area contributed by atoms with E-state index in [1.165, 1.54) is 36.0 Å². The molecule has 0 unspecified atom stereocenters. The highest BCUT2D eigenvalue weighted by Gasteiger charge is 2.20. The molecule has 1 aromatic heterocycles. The van der Waals surface area contributed by atoms with E-state index in [0.29, 0.717) is 16.4 Å². The summed E-state index contributed by atoms with van der Waals surface area (Å²) in [7, 11) is 0. The number of rotatable bonds is 3. The second-order valence-electron chi connectivity index (χ2n) is 3.36. The maximum Gasteiger partial charge on any atom is 0.391 e. The van der Waals surface area contributed by atoms with Crippen molar-refractivity contribution in [3.63, 3.8) is 0 Å². The molecule has 5 nitrogen and oxygen atoms in total. The first kappa shape index (κ1) is 12.6. The zero-order valence-electron chi connectivity index (χ0n) is 9.31. The quantitative estimate of drug-likeness (QED) is 0.508. The Labute approximate surface area is 106 Å². The fourth-order valence-electron chi connectivity index (χ4n) is 1.46. The normalized spacial score (nSPS) is 10.4. The number of halogens is 1. The van der Waals surface area contributed by atoms with Crippen molar-refractivity contribution >= 4 is 17.7 Å². The first-order valence-corrected chi connectivity index (χ1v) is 6.14. The van der Waals surface area contributed by atoms with Gasteiger partial charge < -0.3 is 4.98 Å². The van der Waals surface area contributed by atoms with Crippen LogP contribution in [0.1, 0.15) is 10.5 Å². The summed E-state index contributed by atoms with van der Waals surface area (Å²) < 4.78 is 12.8. The van der Waals surface area contributed by atoms with E-state index in [1.807, 2.05) is 0 Å². The van der Waals surface area contributed by atoms with Crippen molar-refractivity contribution in [1.29, 1.82) is 0 Å². The van der Waals surface area contributed by atoms with Crippen LogP contribution in [-0.2, 0) is 4.89 Å². The zero-order chi connectivity index (χ0) is 13.1. The average Bonchev–Trinajstić information content (AvgIpc) is 2.83. The Kier molecular flexibility index (Phi) is 3.63. The molecule has 1 heterocycles. The molecular weight excluding hydrogens is 259 g/mol. The smallest absolute Gasteiger partial charge is 0.327 e. The molecule has 1 aromatic carbocycles. The third-order valence-electron chi connectivity index (χ3n) is 2.28. The van der Waals surface area contributed by atoms with Crippen LogP contribution in [0, 0.1) is 5.82 Å². The molecule has 0 saturated carbocycles. The van der Waals surface area contributed by atoms with E-state index in [-0.39, 0.29) is 11.5 Å². The van der Waals surface area contributed by atoms with Crippen molar-refractivity contribution in [1.82, 2.24) is 9.97 Å². The minimum atomic E-state index is -0.942. The molecule has 7 heteroatoms.